The summed E-state index contributed by atoms with van der Waals surface area (Å²) >= 11 is 0. The molecule has 3 heterocycles. The molecule has 3 aliphatic rings. The summed E-state index contributed by atoms with van der Waals surface area (Å²) in [6.07, 6.45) is 0.947. The second kappa shape index (κ2) is 24.2. The van der Waals surface area contributed by atoms with Crippen molar-refractivity contribution in [2.75, 3.05) is 25.0 Å². The maximum Gasteiger partial charge on any atom is 0.254 e. The third-order valence-corrected chi connectivity index (χ3v) is 13.2. The molecule has 7 atom stereocenters. The van der Waals surface area contributed by atoms with Gasteiger partial charge in [-0.1, -0.05) is 84.9 Å². The Kier molecular flexibility index (Phi) is 17.4. The quantitative estimate of drug-likeness (QED) is 0.0589. The number of hydrogen-bond donors (Lipinski definition) is 9. The highest BCUT2D eigenvalue weighted by Crippen LogP contribution is 2.28. The summed E-state index contributed by atoms with van der Waals surface area (Å²) in [7, 11) is 0. The molecule has 0 bridgehead atoms. The number of guanidine groups is 1. The molecular formula is C52H62N12O9. The fraction of sp³-hybridized carbons (Fsp3) is 0.385. The van der Waals surface area contributed by atoms with E-state index in [1.165, 1.54) is 22.8 Å². The molecule has 4 aromatic carbocycles. The number of carbonyl (C=O) groups is 9. The van der Waals surface area contributed by atoms with Crippen molar-refractivity contribution in [1.82, 2.24) is 36.4 Å². The minimum atomic E-state index is -1.63. The van der Waals surface area contributed by atoms with E-state index in [0.717, 1.165) is 0 Å². The first-order valence-electron chi connectivity index (χ1n) is 24.4. The lowest BCUT2D eigenvalue weighted by Gasteiger charge is -2.33. The zero-order valence-electron chi connectivity index (χ0n) is 40.5. The Morgan fingerprint density at radius 2 is 1.14 bits per heavy atom. The largest absolute Gasteiger partial charge is 0.370 e. The molecule has 384 valence electrons. The number of aliphatic imine (C=N–C) groups is 1. The highest BCUT2D eigenvalue weighted by Gasteiger charge is 2.44. The van der Waals surface area contributed by atoms with E-state index in [9.17, 15) is 43.2 Å². The van der Waals surface area contributed by atoms with Gasteiger partial charge >= 0.3 is 0 Å². The Morgan fingerprint density at radius 3 is 1.77 bits per heavy atom. The smallest absolute Gasteiger partial charge is 0.254 e. The summed E-state index contributed by atoms with van der Waals surface area (Å²) in [5, 5.41) is 17.5. The first kappa shape index (κ1) is 52.5. The summed E-state index contributed by atoms with van der Waals surface area (Å²) in [6.45, 7) is 1.86. The van der Waals surface area contributed by atoms with Gasteiger partial charge in [0, 0.05) is 32.5 Å². The predicted octanol–water partition coefficient (Wildman–Crippen LogP) is 0.246. The molecule has 0 radical (unpaired) electrons. The van der Waals surface area contributed by atoms with Crippen LogP contribution in [0, 0.1) is 0 Å². The first-order valence-corrected chi connectivity index (χ1v) is 24.4. The van der Waals surface area contributed by atoms with Crippen molar-refractivity contribution in [1.29, 1.82) is 0 Å². The lowest BCUT2D eigenvalue weighted by molar-refractivity contribution is -0.148. The average molecular weight is 999 g/mol. The number of amides is 9. The van der Waals surface area contributed by atoms with Gasteiger partial charge in [-0.2, -0.15) is 0 Å². The van der Waals surface area contributed by atoms with Gasteiger partial charge in [0.1, 0.15) is 42.3 Å². The molecule has 0 aliphatic carbocycles. The van der Waals surface area contributed by atoms with Crippen LogP contribution in [0.2, 0.25) is 0 Å². The summed E-state index contributed by atoms with van der Waals surface area (Å²) in [5.74, 6) is -6.92. The van der Waals surface area contributed by atoms with Crippen LogP contribution < -0.4 is 49.1 Å². The van der Waals surface area contributed by atoms with E-state index in [4.69, 9.17) is 17.2 Å². The molecule has 2 fully saturated rings. The lowest BCUT2D eigenvalue weighted by Crippen LogP contribution is -2.60. The molecule has 21 nitrogen and oxygen atoms in total. The molecule has 73 heavy (non-hydrogen) atoms. The van der Waals surface area contributed by atoms with Crippen molar-refractivity contribution in [2.24, 2.45) is 22.2 Å². The molecule has 0 spiro atoms. The van der Waals surface area contributed by atoms with E-state index in [0.29, 0.717) is 34.7 Å². The number of nitrogens with two attached hydrogens (primary N) is 3. The maximum absolute atomic E-state index is 14.7. The molecule has 12 N–H and O–H groups in total. The van der Waals surface area contributed by atoms with Gasteiger partial charge in [0.15, 0.2) is 5.96 Å². The van der Waals surface area contributed by atoms with Gasteiger partial charge in [-0.15, -0.1) is 0 Å². The van der Waals surface area contributed by atoms with Crippen molar-refractivity contribution in [3.05, 3.63) is 114 Å². The minimum absolute atomic E-state index is 0.0135. The molecule has 0 saturated carbocycles. The minimum Gasteiger partial charge on any atom is -0.370 e. The van der Waals surface area contributed by atoms with E-state index in [1.807, 2.05) is 0 Å². The number of rotatable bonds is 10. The first-order chi connectivity index (χ1) is 35.1. The van der Waals surface area contributed by atoms with Gasteiger partial charge in [0.05, 0.1) is 17.7 Å². The van der Waals surface area contributed by atoms with E-state index in [2.05, 4.69) is 36.9 Å². The van der Waals surface area contributed by atoms with Crippen LogP contribution in [0.25, 0.3) is 10.8 Å². The molecule has 2 saturated heterocycles. The normalized spacial score (nSPS) is 23.8. The molecular weight excluding hydrogens is 937 g/mol. The Bertz CT molecular complexity index is 2750. The van der Waals surface area contributed by atoms with Gasteiger partial charge in [-0.05, 0) is 79.5 Å². The molecule has 9 amide bonds. The van der Waals surface area contributed by atoms with E-state index in [-0.39, 0.29) is 75.4 Å². The Hall–Kier alpha value is -8.36. The highest BCUT2D eigenvalue weighted by atomic mass is 16.2. The summed E-state index contributed by atoms with van der Waals surface area (Å²) in [6, 6.07) is 18.9. The van der Waals surface area contributed by atoms with Crippen LogP contribution in [-0.2, 0) is 51.2 Å². The van der Waals surface area contributed by atoms with Gasteiger partial charge in [0.25, 0.3) is 5.91 Å². The number of primary amides is 1. The zero-order valence-corrected chi connectivity index (χ0v) is 40.5. The summed E-state index contributed by atoms with van der Waals surface area (Å²) in [4.78, 5) is 135. The fourth-order valence-corrected chi connectivity index (χ4v) is 9.48. The predicted molar refractivity (Wildman–Crippen MR) is 271 cm³/mol. The maximum atomic E-state index is 14.7. The van der Waals surface area contributed by atoms with Gasteiger partial charge in [0.2, 0.25) is 47.3 Å². The van der Waals surface area contributed by atoms with Gasteiger partial charge < -0.3 is 58.9 Å². The molecule has 3 aliphatic heterocycles. The molecule has 7 rings (SSSR count). The van der Waals surface area contributed by atoms with Crippen molar-refractivity contribution >= 4 is 75.6 Å². The van der Waals surface area contributed by atoms with Crippen molar-refractivity contribution < 1.29 is 43.2 Å². The SMILES string of the molecule is C[C@@H]1NC(=O)[C@H](CC(N)=O)NC(=O)[C@H](Cc2ccccc2)NC(=O)c2cc3ccccc3cc2NC(=O)[C@H](CCCN=C(N)N)NC(=O)[C@@H]2CCCN2C(=O)[C@H]2CCCN2C(=O)[C@H](Cc2ccccc2)NC1=O. The van der Waals surface area contributed by atoms with E-state index < -0.39 is 102 Å². The van der Waals surface area contributed by atoms with Crippen LogP contribution in [-0.4, -0.2) is 131 Å². The average Bonchev–Trinajstić information content (AvgIpc) is 4.08. The topological polar surface area (TPSA) is 323 Å². The number of nitrogens with one attached hydrogen (secondary N) is 6. The molecule has 0 aromatic heterocycles. The fourth-order valence-electron chi connectivity index (χ4n) is 9.48. The Labute approximate surface area is 421 Å². The Balaban J connectivity index is 1.29. The van der Waals surface area contributed by atoms with Crippen LogP contribution in [0.5, 0.6) is 0 Å². The monoisotopic (exact) mass is 998 g/mol. The number of carbonyl (C=O) groups excluding carboxylic acids is 9. The number of hydrogen-bond acceptors (Lipinski definition) is 10. The Morgan fingerprint density at radius 1 is 0.589 bits per heavy atom. The van der Waals surface area contributed by atoms with Crippen molar-refractivity contribution in [3.63, 3.8) is 0 Å². The second-order valence-corrected chi connectivity index (χ2v) is 18.6. The number of anilines is 1. The van der Waals surface area contributed by atoms with Crippen LogP contribution in [0.1, 0.15) is 73.4 Å². The van der Waals surface area contributed by atoms with Crippen LogP contribution in [0.4, 0.5) is 5.69 Å². The molecule has 21 heteroatoms. The van der Waals surface area contributed by atoms with Crippen molar-refractivity contribution in [2.45, 2.75) is 107 Å². The number of fused-ring (bicyclic) bond motifs is 4. The standard InChI is InChI=1S/C52H62N12O9/c1-30-44(66)62-40(26-32-15-6-3-7-16-32)50(72)64-24-12-21-42(64)51(73)63-23-11-20-41(63)49(71)58-36(19-10-22-56-52(54)55)46(68)59-37-28-34-18-9-8-17-33(34)27-35(37)45(67)60-38(25-31-13-4-2-5-14-31)48(70)61-39(29-43(53)65)47(69)57-30/h2-9,13-18,27-28,30,36,38-42H,10-12,19-26,29H2,1H3,(H2,53,65)(H,57,69)(H,58,71)(H,59,68)(H,60,67)(H,61,70)(H,62,66)(H4,54,55,56)/t30-,36-,38-,39-,40-,41-,42+/m0/s1. The van der Waals surface area contributed by atoms with Gasteiger partial charge in [-0.25, -0.2) is 0 Å². The molecule has 0 unspecified atom stereocenters. The number of nitrogens with zero attached hydrogens (tertiary/aromatic N) is 3. The second-order valence-electron chi connectivity index (χ2n) is 18.6. The van der Waals surface area contributed by atoms with Gasteiger partial charge in [-0.3, -0.25) is 48.1 Å². The summed E-state index contributed by atoms with van der Waals surface area (Å²) < 4.78 is 0. The third kappa shape index (κ3) is 13.5. The highest BCUT2D eigenvalue weighted by molar-refractivity contribution is 6.10. The van der Waals surface area contributed by atoms with E-state index >= 15 is 0 Å². The third-order valence-electron chi connectivity index (χ3n) is 13.2. The van der Waals surface area contributed by atoms with Crippen molar-refractivity contribution in [3.8, 4) is 0 Å². The van der Waals surface area contributed by atoms with Crippen LogP contribution in [0.15, 0.2) is 102 Å². The zero-order chi connectivity index (χ0) is 52.2. The number of benzene rings is 4. The summed E-state index contributed by atoms with van der Waals surface area (Å²) in [5.41, 5.74) is 18.0. The molecule has 4 aromatic rings. The van der Waals surface area contributed by atoms with Crippen LogP contribution in [0.3, 0.4) is 0 Å². The van der Waals surface area contributed by atoms with Crippen LogP contribution >= 0.6 is 0 Å². The lowest BCUT2D eigenvalue weighted by atomic mass is 10.0. The van der Waals surface area contributed by atoms with E-state index in [1.54, 1.807) is 91.0 Å².